The van der Waals surface area contributed by atoms with Crippen molar-refractivity contribution in [2.75, 3.05) is 5.73 Å². The predicted octanol–water partition coefficient (Wildman–Crippen LogP) is 2.62. The van der Waals surface area contributed by atoms with Crippen LogP contribution in [0.15, 0.2) is 6.33 Å². The SMILES string of the molecule is CCCC(CCC)c1nc2ncnc(N)c2[nH]1. The number of aromatic nitrogens is 4. The first kappa shape index (κ1) is 11.8. The summed E-state index contributed by atoms with van der Waals surface area (Å²) in [6.45, 7) is 4.39. The Morgan fingerprint density at radius 1 is 1.24 bits per heavy atom. The van der Waals surface area contributed by atoms with Crippen LogP contribution in [-0.2, 0) is 0 Å². The van der Waals surface area contributed by atoms with Gasteiger partial charge in [-0.05, 0) is 12.8 Å². The molecule has 0 aliphatic rings. The average Bonchev–Trinajstić information content (AvgIpc) is 2.74. The Hall–Kier alpha value is -1.65. The molecule has 0 radical (unpaired) electrons. The highest BCUT2D eigenvalue weighted by Gasteiger charge is 2.15. The lowest BCUT2D eigenvalue weighted by Crippen LogP contribution is -2.00. The van der Waals surface area contributed by atoms with Gasteiger partial charge in [-0.1, -0.05) is 26.7 Å². The Labute approximate surface area is 101 Å². The number of imidazole rings is 1. The number of rotatable bonds is 5. The van der Waals surface area contributed by atoms with Gasteiger partial charge < -0.3 is 10.7 Å². The fourth-order valence-corrected chi connectivity index (χ4v) is 2.17. The number of aromatic amines is 1. The van der Waals surface area contributed by atoms with Gasteiger partial charge in [0.05, 0.1) is 0 Å². The van der Waals surface area contributed by atoms with Crippen molar-refractivity contribution in [3.63, 3.8) is 0 Å². The van der Waals surface area contributed by atoms with E-state index in [1.165, 1.54) is 6.33 Å². The monoisotopic (exact) mass is 233 g/mol. The lowest BCUT2D eigenvalue weighted by molar-refractivity contribution is 0.539. The standard InChI is InChI=1S/C12H19N5/c1-3-5-8(6-4-2)11-16-9-10(13)14-7-15-12(9)17-11/h7-8H,3-6H2,1-2H3,(H3,13,14,15,16,17). The van der Waals surface area contributed by atoms with E-state index < -0.39 is 0 Å². The number of anilines is 1. The van der Waals surface area contributed by atoms with Gasteiger partial charge in [0.25, 0.3) is 0 Å². The van der Waals surface area contributed by atoms with Crippen LogP contribution in [0.3, 0.4) is 0 Å². The maximum Gasteiger partial charge on any atom is 0.183 e. The summed E-state index contributed by atoms with van der Waals surface area (Å²) >= 11 is 0. The molecule has 0 aromatic carbocycles. The van der Waals surface area contributed by atoms with Gasteiger partial charge in [-0.3, -0.25) is 0 Å². The summed E-state index contributed by atoms with van der Waals surface area (Å²) in [6, 6.07) is 0. The topological polar surface area (TPSA) is 80.5 Å². The van der Waals surface area contributed by atoms with Gasteiger partial charge in [-0.15, -0.1) is 0 Å². The fraction of sp³-hybridized carbons (Fsp3) is 0.583. The minimum absolute atomic E-state index is 0.471. The van der Waals surface area contributed by atoms with E-state index in [0.29, 0.717) is 17.4 Å². The minimum atomic E-state index is 0.471. The fourth-order valence-electron chi connectivity index (χ4n) is 2.17. The molecule has 0 saturated heterocycles. The van der Waals surface area contributed by atoms with Crippen LogP contribution < -0.4 is 5.73 Å². The maximum absolute atomic E-state index is 5.80. The molecule has 5 nitrogen and oxygen atoms in total. The highest BCUT2D eigenvalue weighted by atomic mass is 15.0. The summed E-state index contributed by atoms with van der Waals surface area (Å²) in [5, 5.41) is 0. The molecule has 2 heterocycles. The molecule has 0 saturated carbocycles. The second-order valence-corrected chi connectivity index (χ2v) is 4.35. The Balaban J connectivity index is 2.36. The highest BCUT2D eigenvalue weighted by molar-refractivity contribution is 5.81. The molecular formula is C12H19N5. The number of hydrogen-bond acceptors (Lipinski definition) is 4. The van der Waals surface area contributed by atoms with E-state index in [0.717, 1.165) is 37.0 Å². The van der Waals surface area contributed by atoms with Gasteiger partial charge in [-0.2, -0.15) is 0 Å². The predicted molar refractivity (Wildman–Crippen MR) is 68.7 cm³/mol. The molecule has 0 fully saturated rings. The summed E-state index contributed by atoms with van der Waals surface area (Å²) in [5.41, 5.74) is 7.23. The number of nitrogens with two attached hydrogens (primary N) is 1. The molecule has 2 aromatic heterocycles. The van der Waals surface area contributed by atoms with Crippen LogP contribution in [0.25, 0.3) is 11.2 Å². The molecule has 0 aliphatic heterocycles. The van der Waals surface area contributed by atoms with E-state index in [-0.39, 0.29) is 0 Å². The van der Waals surface area contributed by atoms with Gasteiger partial charge >= 0.3 is 0 Å². The first-order valence-corrected chi connectivity index (χ1v) is 6.22. The highest BCUT2D eigenvalue weighted by Crippen LogP contribution is 2.26. The molecule has 0 atom stereocenters. The maximum atomic E-state index is 5.80. The largest absolute Gasteiger partial charge is 0.382 e. The number of nitrogens with zero attached hydrogens (tertiary/aromatic N) is 3. The summed E-state index contributed by atoms with van der Waals surface area (Å²) in [6.07, 6.45) is 6.05. The number of hydrogen-bond donors (Lipinski definition) is 2. The molecular weight excluding hydrogens is 214 g/mol. The van der Waals surface area contributed by atoms with Crippen LogP contribution in [0.2, 0.25) is 0 Å². The molecule has 0 spiro atoms. The smallest absolute Gasteiger partial charge is 0.183 e. The zero-order valence-corrected chi connectivity index (χ0v) is 10.4. The second-order valence-electron chi connectivity index (χ2n) is 4.35. The molecule has 0 amide bonds. The zero-order valence-electron chi connectivity index (χ0n) is 10.4. The van der Waals surface area contributed by atoms with Gasteiger partial charge in [0.1, 0.15) is 17.7 Å². The average molecular weight is 233 g/mol. The third kappa shape index (κ3) is 2.38. The number of H-pyrrole nitrogens is 1. The van der Waals surface area contributed by atoms with Crippen molar-refractivity contribution >= 4 is 17.0 Å². The van der Waals surface area contributed by atoms with Crippen molar-refractivity contribution in [1.29, 1.82) is 0 Å². The first-order chi connectivity index (χ1) is 8.26. The second kappa shape index (κ2) is 5.12. The third-order valence-electron chi connectivity index (χ3n) is 3.00. The van der Waals surface area contributed by atoms with E-state index in [2.05, 4.69) is 33.8 Å². The van der Waals surface area contributed by atoms with Gasteiger partial charge in [0.15, 0.2) is 11.5 Å². The van der Waals surface area contributed by atoms with E-state index in [1.807, 2.05) is 0 Å². The van der Waals surface area contributed by atoms with Crippen LogP contribution in [0.5, 0.6) is 0 Å². The summed E-state index contributed by atoms with van der Waals surface area (Å²) < 4.78 is 0. The van der Waals surface area contributed by atoms with Crippen LogP contribution >= 0.6 is 0 Å². The first-order valence-electron chi connectivity index (χ1n) is 6.22. The minimum Gasteiger partial charge on any atom is -0.382 e. The van der Waals surface area contributed by atoms with E-state index in [1.54, 1.807) is 0 Å². The Kier molecular flexibility index (Phi) is 3.56. The van der Waals surface area contributed by atoms with Crippen molar-refractivity contribution in [1.82, 2.24) is 19.9 Å². The van der Waals surface area contributed by atoms with Crippen molar-refractivity contribution in [3.8, 4) is 0 Å². The van der Waals surface area contributed by atoms with Crippen LogP contribution in [0, 0.1) is 0 Å². The van der Waals surface area contributed by atoms with Crippen molar-refractivity contribution < 1.29 is 0 Å². The van der Waals surface area contributed by atoms with Gasteiger partial charge in [-0.25, -0.2) is 15.0 Å². The van der Waals surface area contributed by atoms with Gasteiger partial charge in [0.2, 0.25) is 0 Å². The lowest BCUT2D eigenvalue weighted by Gasteiger charge is -2.11. The quantitative estimate of drug-likeness (QED) is 0.831. The Bertz CT molecular complexity index is 485. The zero-order chi connectivity index (χ0) is 12.3. The molecule has 0 bridgehead atoms. The molecule has 2 aromatic rings. The summed E-state index contributed by atoms with van der Waals surface area (Å²) in [5.74, 6) is 1.94. The Morgan fingerprint density at radius 2 is 1.94 bits per heavy atom. The molecule has 92 valence electrons. The van der Waals surface area contributed by atoms with Crippen LogP contribution in [0.1, 0.15) is 51.3 Å². The molecule has 5 heteroatoms. The summed E-state index contributed by atoms with van der Waals surface area (Å²) in [7, 11) is 0. The number of fused-ring (bicyclic) bond motifs is 1. The van der Waals surface area contributed by atoms with Crippen molar-refractivity contribution in [2.45, 2.75) is 45.4 Å². The van der Waals surface area contributed by atoms with E-state index in [4.69, 9.17) is 5.73 Å². The Morgan fingerprint density at radius 3 is 2.53 bits per heavy atom. The van der Waals surface area contributed by atoms with Crippen molar-refractivity contribution in [2.24, 2.45) is 0 Å². The van der Waals surface area contributed by atoms with Gasteiger partial charge in [0, 0.05) is 5.92 Å². The molecule has 0 aliphatic carbocycles. The number of nitrogen functional groups attached to an aromatic ring is 1. The lowest BCUT2D eigenvalue weighted by atomic mass is 9.98. The molecule has 17 heavy (non-hydrogen) atoms. The summed E-state index contributed by atoms with van der Waals surface area (Å²) in [4.78, 5) is 15.9. The molecule has 0 unspecified atom stereocenters. The van der Waals surface area contributed by atoms with Crippen LogP contribution in [0.4, 0.5) is 5.82 Å². The number of nitrogens with one attached hydrogen (secondary N) is 1. The molecule has 3 N–H and O–H groups in total. The van der Waals surface area contributed by atoms with Crippen LogP contribution in [-0.4, -0.2) is 19.9 Å². The van der Waals surface area contributed by atoms with Crippen molar-refractivity contribution in [3.05, 3.63) is 12.2 Å². The third-order valence-corrected chi connectivity index (χ3v) is 3.00. The van der Waals surface area contributed by atoms with E-state index >= 15 is 0 Å². The molecule has 2 rings (SSSR count). The normalized spacial score (nSPS) is 11.5. The van der Waals surface area contributed by atoms with E-state index in [9.17, 15) is 0 Å².